The van der Waals surface area contributed by atoms with E-state index in [9.17, 15) is 9.59 Å². The normalized spacial score (nSPS) is 14.9. The zero-order valence-corrected chi connectivity index (χ0v) is 9.12. The lowest BCUT2D eigenvalue weighted by molar-refractivity contribution is -0.141. The van der Waals surface area contributed by atoms with Gasteiger partial charge in [0.15, 0.2) is 0 Å². The van der Waals surface area contributed by atoms with Gasteiger partial charge in [-0.1, -0.05) is 13.8 Å². The van der Waals surface area contributed by atoms with Crippen molar-refractivity contribution in [2.45, 2.75) is 25.9 Å². The van der Waals surface area contributed by atoms with Gasteiger partial charge in [-0.2, -0.15) is 12.6 Å². The van der Waals surface area contributed by atoms with Crippen molar-refractivity contribution in [1.29, 1.82) is 0 Å². The summed E-state index contributed by atoms with van der Waals surface area (Å²) in [6.45, 7) is 3.58. The maximum Gasteiger partial charge on any atom is 0.327 e. The quantitative estimate of drug-likeness (QED) is 0.469. The number of rotatable bonds is 5. The fourth-order valence-corrected chi connectivity index (χ4v) is 1.00. The molecule has 0 spiro atoms. The summed E-state index contributed by atoms with van der Waals surface area (Å²) < 4.78 is 0. The van der Waals surface area contributed by atoms with Gasteiger partial charge in [0, 0.05) is 5.75 Å². The van der Waals surface area contributed by atoms with E-state index in [1.807, 2.05) is 0 Å². The number of amides is 1. The number of aliphatic carboxylic acids is 1. The number of carbonyl (C=O) groups is 2. The molecule has 0 heterocycles. The van der Waals surface area contributed by atoms with Gasteiger partial charge < -0.3 is 16.2 Å². The van der Waals surface area contributed by atoms with Crippen LogP contribution in [0.4, 0.5) is 0 Å². The highest BCUT2D eigenvalue weighted by Crippen LogP contribution is 1.99. The lowest BCUT2D eigenvalue weighted by Crippen LogP contribution is -2.51. The van der Waals surface area contributed by atoms with E-state index in [-0.39, 0.29) is 11.7 Å². The first-order chi connectivity index (χ1) is 6.40. The van der Waals surface area contributed by atoms with E-state index in [1.165, 1.54) is 0 Å². The summed E-state index contributed by atoms with van der Waals surface area (Å²) in [4.78, 5) is 21.9. The van der Waals surface area contributed by atoms with Gasteiger partial charge in [-0.3, -0.25) is 4.79 Å². The van der Waals surface area contributed by atoms with Gasteiger partial charge >= 0.3 is 5.97 Å². The van der Waals surface area contributed by atoms with Gasteiger partial charge in [0.05, 0.1) is 6.04 Å². The van der Waals surface area contributed by atoms with Gasteiger partial charge in [0.25, 0.3) is 0 Å². The Hall–Kier alpha value is -0.750. The average Bonchev–Trinajstić information content (AvgIpc) is 2.11. The third-order valence-corrected chi connectivity index (χ3v) is 2.18. The standard InChI is InChI=1S/C8H16N2O3S/c1-4(2)6(9)7(11)10-5(3-14)8(12)13/h4-6,14H,3,9H2,1-2H3,(H,10,11)(H,12,13)/t5-,6-/m0/s1. The first-order valence-electron chi connectivity index (χ1n) is 4.29. The molecular weight excluding hydrogens is 204 g/mol. The summed E-state index contributed by atoms with van der Waals surface area (Å²) >= 11 is 3.81. The number of nitrogens with two attached hydrogens (primary N) is 1. The first kappa shape index (κ1) is 13.2. The van der Waals surface area contributed by atoms with Crippen LogP contribution in [0.3, 0.4) is 0 Å². The molecule has 0 bridgehead atoms. The molecule has 0 rings (SSSR count). The Morgan fingerprint density at radius 1 is 1.50 bits per heavy atom. The molecule has 0 unspecified atom stereocenters. The molecule has 1 amide bonds. The van der Waals surface area contributed by atoms with Crippen molar-refractivity contribution < 1.29 is 14.7 Å². The minimum Gasteiger partial charge on any atom is -0.480 e. The van der Waals surface area contributed by atoms with Crippen molar-refractivity contribution in [2.24, 2.45) is 11.7 Å². The van der Waals surface area contributed by atoms with E-state index >= 15 is 0 Å². The van der Waals surface area contributed by atoms with Gasteiger partial charge in [-0.05, 0) is 5.92 Å². The van der Waals surface area contributed by atoms with Crippen molar-refractivity contribution in [3.05, 3.63) is 0 Å². The highest BCUT2D eigenvalue weighted by molar-refractivity contribution is 7.80. The van der Waals surface area contributed by atoms with Gasteiger partial charge in [-0.15, -0.1) is 0 Å². The fourth-order valence-electron chi connectivity index (χ4n) is 0.756. The van der Waals surface area contributed by atoms with Crippen molar-refractivity contribution >= 4 is 24.5 Å². The molecule has 0 aliphatic rings. The van der Waals surface area contributed by atoms with Gasteiger partial charge in [0.2, 0.25) is 5.91 Å². The number of nitrogens with one attached hydrogen (secondary N) is 1. The highest BCUT2D eigenvalue weighted by atomic mass is 32.1. The smallest absolute Gasteiger partial charge is 0.327 e. The Morgan fingerprint density at radius 3 is 2.29 bits per heavy atom. The van der Waals surface area contributed by atoms with Crippen LogP contribution in [0.15, 0.2) is 0 Å². The second-order valence-electron chi connectivity index (χ2n) is 3.35. The second-order valence-corrected chi connectivity index (χ2v) is 3.72. The van der Waals surface area contributed by atoms with Crippen LogP contribution < -0.4 is 11.1 Å². The van der Waals surface area contributed by atoms with Gasteiger partial charge in [-0.25, -0.2) is 4.79 Å². The molecule has 0 saturated heterocycles. The second kappa shape index (κ2) is 5.87. The summed E-state index contributed by atoms with van der Waals surface area (Å²) in [6.07, 6.45) is 0. The molecule has 0 fully saturated rings. The molecule has 0 radical (unpaired) electrons. The predicted octanol–water partition coefficient (Wildman–Crippen LogP) is -0.531. The third kappa shape index (κ3) is 3.97. The number of carboxylic acids is 1. The number of carbonyl (C=O) groups excluding carboxylic acids is 1. The summed E-state index contributed by atoms with van der Waals surface area (Å²) in [6, 6.07) is -1.66. The van der Waals surface area contributed by atoms with E-state index in [4.69, 9.17) is 10.8 Å². The van der Waals surface area contributed by atoms with E-state index in [0.29, 0.717) is 0 Å². The first-order valence-corrected chi connectivity index (χ1v) is 4.93. The molecule has 4 N–H and O–H groups in total. The van der Waals surface area contributed by atoms with E-state index < -0.39 is 24.0 Å². The molecular formula is C8H16N2O3S. The van der Waals surface area contributed by atoms with Crippen LogP contribution in [0.5, 0.6) is 0 Å². The highest BCUT2D eigenvalue weighted by Gasteiger charge is 2.23. The molecule has 6 heteroatoms. The molecule has 2 atom stereocenters. The lowest BCUT2D eigenvalue weighted by atomic mass is 10.0. The minimum absolute atomic E-state index is 0.0237. The molecule has 82 valence electrons. The lowest BCUT2D eigenvalue weighted by Gasteiger charge is -2.18. The zero-order valence-electron chi connectivity index (χ0n) is 8.23. The molecule has 0 aliphatic carbocycles. The predicted molar refractivity (Wildman–Crippen MR) is 56.2 cm³/mol. The largest absolute Gasteiger partial charge is 0.480 e. The third-order valence-electron chi connectivity index (χ3n) is 1.82. The van der Waals surface area contributed by atoms with Crippen LogP contribution in [-0.4, -0.2) is 34.8 Å². The Kier molecular flexibility index (Phi) is 5.56. The van der Waals surface area contributed by atoms with E-state index in [0.717, 1.165) is 0 Å². The Morgan fingerprint density at radius 2 is 2.00 bits per heavy atom. The maximum absolute atomic E-state index is 11.3. The van der Waals surface area contributed by atoms with Crippen molar-refractivity contribution in [2.75, 3.05) is 5.75 Å². The van der Waals surface area contributed by atoms with Crippen LogP contribution in [0.2, 0.25) is 0 Å². The number of carboxylic acid groups (broad SMARTS) is 1. The van der Waals surface area contributed by atoms with Crippen LogP contribution in [-0.2, 0) is 9.59 Å². The Balaban J connectivity index is 4.22. The van der Waals surface area contributed by atoms with Gasteiger partial charge in [0.1, 0.15) is 6.04 Å². The monoisotopic (exact) mass is 220 g/mol. The fraction of sp³-hybridized carbons (Fsp3) is 0.750. The van der Waals surface area contributed by atoms with Crippen LogP contribution in [0.25, 0.3) is 0 Å². The molecule has 0 aromatic rings. The summed E-state index contributed by atoms with van der Waals surface area (Å²) in [5.74, 6) is -1.54. The molecule has 5 nitrogen and oxygen atoms in total. The Labute approximate surface area is 88.5 Å². The van der Waals surface area contributed by atoms with Crippen molar-refractivity contribution in [3.63, 3.8) is 0 Å². The molecule has 0 aromatic heterocycles. The minimum atomic E-state index is -1.11. The SMILES string of the molecule is CC(C)[C@H](N)C(=O)N[C@@H](CS)C(=O)O. The number of hydrogen-bond acceptors (Lipinski definition) is 4. The zero-order chi connectivity index (χ0) is 11.3. The maximum atomic E-state index is 11.3. The summed E-state index contributed by atoms with van der Waals surface area (Å²) in [5.41, 5.74) is 5.53. The topological polar surface area (TPSA) is 92.4 Å². The van der Waals surface area contributed by atoms with Crippen molar-refractivity contribution in [1.82, 2.24) is 5.32 Å². The Bertz CT molecular complexity index is 221. The molecule has 0 aromatic carbocycles. The number of thiol groups is 1. The summed E-state index contributed by atoms with van der Waals surface area (Å²) in [7, 11) is 0. The van der Waals surface area contributed by atoms with Crippen LogP contribution in [0.1, 0.15) is 13.8 Å². The van der Waals surface area contributed by atoms with E-state index in [2.05, 4.69) is 17.9 Å². The molecule has 0 saturated carbocycles. The van der Waals surface area contributed by atoms with Crippen LogP contribution in [0, 0.1) is 5.92 Å². The van der Waals surface area contributed by atoms with Crippen molar-refractivity contribution in [3.8, 4) is 0 Å². The number of hydrogen-bond donors (Lipinski definition) is 4. The average molecular weight is 220 g/mol. The summed E-state index contributed by atoms with van der Waals surface area (Å²) in [5, 5.41) is 10.9. The van der Waals surface area contributed by atoms with E-state index in [1.54, 1.807) is 13.8 Å². The molecule has 0 aliphatic heterocycles. The molecule has 14 heavy (non-hydrogen) atoms. The van der Waals surface area contributed by atoms with Crippen LogP contribution >= 0.6 is 12.6 Å².